The molecule has 0 radical (unpaired) electrons. The molecule has 2 aliphatic rings. The Morgan fingerprint density at radius 1 is 1.19 bits per heavy atom. The molecule has 0 aromatic rings. The minimum atomic E-state index is -0.781. The van der Waals surface area contributed by atoms with Crippen LogP contribution in [0.15, 0.2) is 0 Å². The van der Waals surface area contributed by atoms with Crippen LogP contribution in [0.2, 0.25) is 0 Å². The van der Waals surface area contributed by atoms with Gasteiger partial charge in [0.15, 0.2) is 0 Å². The highest BCUT2D eigenvalue weighted by Gasteiger charge is 2.42. The van der Waals surface area contributed by atoms with Crippen LogP contribution in [0.1, 0.15) is 32.6 Å². The fraction of sp³-hybridized carbons (Fsp3) is 0.786. The summed E-state index contributed by atoms with van der Waals surface area (Å²) in [6, 6.07) is -0.0613. The molecule has 2 heterocycles. The quantitative estimate of drug-likeness (QED) is 0.791. The van der Waals surface area contributed by atoms with E-state index in [1.54, 1.807) is 16.7 Å². The predicted molar refractivity (Wildman–Crippen MR) is 75.4 cm³/mol. The van der Waals surface area contributed by atoms with Gasteiger partial charge in [-0.05, 0) is 32.1 Å². The van der Waals surface area contributed by atoms with Crippen molar-refractivity contribution in [2.75, 3.05) is 26.2 Å². The topological polar surface area (TPSA) is 104 Å². The number of primary amides is 1. The lowest BCUT2D eigenvalue weighted by Gasteiger charge is -2.34. The zero-order chi connectivity index (χ0) is 15.6. The molecular weight excluding hydrogens is 274 g/mol. The first-order chi connectivity index (χ1) is 9.82. The zero-order valence-corrected chi connectivity index (χ0v) is 12.4. The van der Waals surface area contributed by atoms with Gasteiger partial charge in [-0.15, -0.1) is 0 Å². The summed E-state index contributed by atoms with van der Waals surface area (Å²) in [5, 5.41) is 8.79. The number of carboxylic acids is 1. The summed E-state index contributed by atoms with van der Waals surface area (Å²) in [4.78, 5) is 38.0. The van der Waals surface area contributed by atoms with E-state index in [1.807, 2.05) is 0 Å². The third-order valence-corrected chi connectivity index (χ3v) is 4.69. The maximum absolute atomic E-state index is 12.4. The van der Waals surface area contributed by atoms with E-state index in [4.69, 9.17) is 10.8 Å². The van der Waals surface area contributed by atoms with Gasteiger partial charge in [0.2, 0.25) is 5.91 Å². The van der Waals surface area contributed by atoms with Crippen molar-refractivity contribution in [3.8, 4) is 0 Å². The third kappa shape index (κ3) is 3.46. The maximum Gasteiger partial charge on any atom is 0.320 e. The molecule has 1 atom stereocenters. The predicted octanol–water partition coefficient (Wildman–Crippen LogP) is 0.490. The van der Waals surface area contributed by atoms with Gasteiger partial charge >= 0.3 is 12.0 Å². The molecule has 7 nitrogen and oxygen atoms in total. The van der Waals surface area contributed by atoms with Crippen LogP contribution in [0.25, 0.3) is 0 Å². The van der Waals surface area contributed by atoms with Crippen molar-refractivity contribution in [2.24, 2.45) is 17.1 Å². The van der Waals surface area contributed by atoms with E-state index >= 15 is 0 Å². The number of nitrogens with zero attached hydrogens (tertiary/aromatic N) is 2. The largest absolute Gasteiger partial charge is 0.481 e. The first-order valence-electron chi connectivity index (χ1n) is 7.37. The molecule has 0 bridgehead atoms. The van der Waals surface area contributed by atoms with E-state index in [2.05, 4.69) is 0 Å². The molecule has 1 unspecified atom stereocenters. The van der Waals surface area contributed by atoms with Crippen LogP contribution in [-0.2, 0) is 9.59 Å². The molecule has 2 aliphatic heterocycles. The van der Waals surface area contributed by atoms with Crippen LogP contribution >= 0.6 is 0 Å². The Balaban J connectivity index is 1.86. The van der Waals surface area contributed by atoms with E-state index in [0.717, 1.165) is 12.8 Å². The normalized spacial score (nSPS) is 26.9. The molecule has 3 N–H and O–H groups in total. The van der Waals surface area contributed by atoms with Gasteiger partial charge in [-0.3, -0.25) is 9.59 Å². The molecule has 118 valence electrons. The lowest BCUT2D eigenvalue weighted by atomic mass is 9.89. The fourth-order valence-electron chi connectivity index (χ4n) is 3.10. The standard InChI is InChI=1S/C14H23N3O4/c1-14(12(15)20)4-7-17(9-14)13(21)16-5-2-10(3-6-16)8-11(18)19/h10H,2-9H2,1H3,(H2,15,20)(H,18,19). The van der Waals surface area contributed by atoms with Gasteiger partial charge in [0.05, 0.1) is 5.41 Å². The Hall–Kier alpha value is -1.79. The van der Waals surface area contributed by atoms with E-state index in [-0.39, 0.29) is 24.3 Å². The third-order valence-electron chi connectivity index (χ3n) is 4.69. The van der Waals surface area contributed by atoms with Crippen LogP contribution in [0.5, 0.6) is 0 Å². The summed E-state index contributed by atoms with van der Waals surface area (Å²) in [5.41, 5.74) is 4.76. The van der Waals surface area contributed by atoms with E-state index < -0.39 is 11.4 Å². The van der Waals surface area contributed by atoms with Crippen LogP contribution in [0, 0.1) is 11.3 Å². The molecule has 0 aromatic heterocycles. The second-order valence-electron chi connectivity index (χ2n) is 6.41. The number of aliphatic carboxylic acids is 1. The molecule has 2 rings (SSSR count). The fourth-order valence-corrected chi connectivity index (χ4v) is 3.10. The van der Waals surface area contributed by atoms with Crippen molar-refractivity contribution in [3.05, 3.63) is 0 Å². The lowest BCUT2D eigenvalue weighted by Crippen LogP contribution is -2.47. The summed E-state index contributed by atoms with van der Waals surface area (Å²) >= 11 is 0. The number of urea groups is 1. The minimum Gasteiger partial charge on any atom is -0.481 e. The molecule has 0 aliphatic carbocycles. The molecule has 2 saturated heterocycles. The summed E-state index contributed by atoms with van der Waals surface area (Å²) in [6.45, 7) is 3.88. The SMILES string of the molecule is CC1(C(N)=O)CCN(C(=O)N2CCC(CC(=O)O)CC2)C1. The molecule has 0 spiro atoms. The van der Waals surface area contributed by atoms with Gasteiger partial charge in [-0.2, -0.15) is 0 Å². The van der Waals surface area contributed by atoms with Crippen LogP contribution < -0.4 is 5.73 Å². The zero-order valence-electron chi connectivity index (χ0n) is 12.4. The van der Waals surface area contributed by atoms with E-state index in [9.17, 15) is 14.4 Å². The Labute approximate surface area is 124 Å². The van der Waals surface area contributed by atoms with Crippen molar-refractivity contribution < 1.29 is 19.5 Å². The summed E-state index contributed by atoms with van der Waals surface area (Å²) in [6.07, 6.45) is 2.22. The average Bonchev–Trinajstić information content (AvgIpc) is 2.82. The molecule has 2 fully saturated rings. The summed E-state index contributed by atoms with van der Waals surface area (Å²) < 4.78 is 0. The Kier molecular flexibility index (Phi) is 4.39. The molecule has 3 amide bonds. The van der Waals surface area contributed by atoms with Gasteiger partial charge in [-0.25, -0.2) is 4.79 Å². The number of carbonyl (C=O) groups excluding carboxylic acids is 2. The summed E-state index contributed by atoms with van der Waals surface area (Å²) in [7, 11) is 0. The number of carbonyl (C=O) groups is 3. The first-order valence-corrected chi connectivity index (χ1v) is 7.37. The highest BCUT2D eigenvalue weighted by Crippen LogP contribution is 2.31. The average molecular weight is 297 g/mol. The maximum atomic E-state index is 12.4. The highest BCUT2D eigenvalue weighted by molar-refractivity contribution is 5.83. The number of piperidine rings is 1. The molecule has 21 heavy (non-hydrogen) atoms. The minimum absolute atomic E-state index is 0.0613. The molecule has 0 saturated carbocycles. The van der Waals surface area contributed by atoms with Crippen LogP contribution in [-0.4, -0.2) is 59.0 Å². The van der Waals surface area contributed by atoms with E-state index in [0.29, 0.717) is 32.6 Å². The second-order valence-corrected chi connectivity index (χ2v) is 6.41. The van der Waals surface area contributed by atoms with Gasteiger partial charge in [0.25, 0.3) is 0 Å². The Morgan fingerprint density at radius 3 is 2.29 bits per heavy atom. The Morgan fingerprint density at radius 2 is 1.81 bits per heavy atom. The monoisotopic (exact) mass is 297 g/mol. The summed E-state index contributed by atoms with van der Waals surface area (Å²) in [5.74, 6) is -0.990. The van der Waals surface area contributed by atoms with Gasteiger partial charge in [0.1, 0.15) is 0 Å². The number of amides is 3. The van der Waals surface area contributed by atoms with Crippen molar-refractivity contribution in [3.63, 3.8) is 0 Å². The molecule has 0 aromatic carbocycles. The van der Waals surface area contributed by atoms with Gasteiger partial charge in [-0.1, -0.05) is 0 Å². The van der Waals surface area contributed by atoms with Gasteiger partial charge < -0.3 is 20.6 Å². The lowest BCUT2D eigenvalue weighted by molar-refractivity contribution is -0.138. The van der Waals surface area contributed by atoms with Crippen molar-refractivity contribution >= 4 is 17.9 Å². The van der Waals surface area contributed by atoms with Crippen molar-refractivity contribution in [1.29, 1.82) is 0 Å². The van der Waals surface area contributed by atoms with Crippen molar-refractivity contribution in [2.45, 2.75) is 32.6 Å². The highest BCUT2D eigenvalue weighted by atomic mass is 16.4. The number of likely N-dealkylation sites (tertiary alicyclic amines) is 2. The van der Waals surface area contributed by atoms with Crippen LogP contribution in [0.3, 0.4) is 0 Å². The van der Waals surface area contributed by atoms with E-state index in [1.165, 1.54) is 0 Å². The smallest absolute Gasteiger partial charge is 0.320 e. The Bertz CT molecular complexity index is 446. The first kappa shape index (κ1) is 15.6. The number of hydrogen-bond donors (Lipinski definition) is 2. The van der Waals surface area contributed by atoms with Crippen molar-refractivity contribution in [1.82, 2.24) is 9.80 Å². The number of carboxylic acid groups (broad SMARTS) is 1. The molecular formula is C14H23N3O4. The number of nitrogens with two attached hydrogens (primary N) is 1. The second kappa shape index (κ2) is 5.91. The van der Waals surface area contributed by atoms with Gasteiger partial charge in [0, 0.05) is 32.6 Å². The molecule has 7 heteroatoms. The number of rotatable bonds is 3. The number of hydrogen-bond acceptors (Lipinski definition) is 3. The van der Waals surface area contributed by atoms with Crippen LogP contribution in [0.4, 0.5) is 4.79 Å².